The van der Waals surface area contributed by atoms with Gasteiger partial charge in [0.25, 0.3) is 0 Å². The number of aromatic nitrogens is 4. The number of para-hydroxylation sites is 2. The third-order valence-electron chi connectivity index (χ3n) is 9.33. The SMILES string of the molecule is N#Cc1ccc(-c2cccc(-c3nc(-c4ccccc4)c4ccccc4n3)c2)cc1-c1cccc(-c2nc(-c3ccccc3)c3ccccc3n2)c1. The van der Waals surface area contributed by atoms with E-state index in [1.165, 1.54) is 0 Å². The van der Waals surface area contributed by atoms with E-state index in [0.29, 0.717) is 17.2 Å². The number of fused-ring (bicyclic) bond motifs is 2. The molecule has 0 spiro atoms. The Kier molecular flexibility index (Phi) is 7.81. The molecule has 242 valence electrons. The van der Waals surface area contributed by atoms with Gasteiger partial charge in [-0.1, -0.05) is 140 Å². The number of hydrogen-bond donors (Lipinski definition) is 0. The first-order valence-electron chi connectivity index (χ1n) is 17.1. The molecule has 0 aliphatic carbocycles. The Bertz CT molecular complexity index is 2800. The van der Waals surface area contributed by atoms with E-state index in [4.69, 9.17) is 19.9 Å². The molecule has 5 heteroatoms. The highest BCUT2D eigenvalue weighted by atomic mass is 14.9. The van der Waals surface area contributed by atoms with Crippen LogP contribution in [0.3, 0.4) is 0 Å². The van der Waals surface area contributed by atoms with Crippen LogP contribution in [0.1, 0.15) is 5.56 Å². The van der Waals surface area contributed by atoms with Crippen molar-refractivity contribution in [3.63, 3.8) is 0 Å². The van der Waals surface area contributed by atoms with Crippen LogP contribution in [0.25, 0.3) is 89.4 Å². The zero-order chi connectivity index (χ0) is 34.9. The van der Waals surface area contributed by atoms with Gasteiger partial charge in [0.1, 0.15) is 0 Å². The standard InChI is InChI=1S/C47H29N5/c48-30-38-26-25-34(33-17-11-19-36(27-33)46-49-42-23-9-7-21-39(42)44(51-46)31-13-3-1-4-14-31)29-41(38)35-18-12-20-37(28-35)47-50-43-24-10-8-22-40(43)45(52-47)32-15-5-2-6-16-32/h1-29H. The molecule has 2 aromatic heterocycles. The van der Waals surface area contributed by atoms with Gasteiger partial charge in [0.15, 0.2) is 11.6 Å². The fraction of sp³-hybridized carbons (Fsp3) is 0. The molecule has 9 rings (SSSR count). The predicted molar refractivity (Wildman–Crippen MR) is 210 cm³/mol. The van der Waals surface area contributed by atoms with Crippen molar-refractivity contribution >= 4 is 21.8 Å². The van der Waals surface area contributed by atoms with E-state index in [1.807, 2.05) is 115 Å². The maximum atomic E-state index is 10.2. The fourth-order valence-electron chi connectivity index (χ4n) is 6.77. The summed E-state index contributed by atoms with van der Waals surface area (Å²) in [6.07, 6.45) is 0. The number of nitriles is 1. The largest absolute Gasteiger partial charge is 0.228 e. The molecule has 52 heavy (non-hydrogen) atoms. The zero-order valence-corrected chi connectivity index (χ0v) is 28.0. The highest BCUT2D eigenvalue weighted by molar-refractivity contribution is 5.95. The second kappa shape index (κ2) is 13.2. The van der Waals surface area contributed by atoms with Crippen LogP contribution in [0.4, 0.5) is 0 Å². The average Bonchev–Trinajstić information content (AvgIpc) is 3.23. The first-order valence-corrected chi connectivity index (χ1v) is 17.1. The highest BCUT2D eigenvalue weighted by Gasteiger charge is 2.15. The maximum absolute atomic E-state index is 10.2. The molecule has 7 aromatic carbocycles. The van der Waals surface area contributed by atoms with Crippen molar-refractivity contribution in [2.45, 2.75) is 0 Å². The van der Waals surface area contributed by atoms with Crippen LogP contribution in [0.2, 0.25) is 0 Å². The fourth-order valence-corrected chi connectivity index (χ4v) is 6.77. The van der Waals surface area contributed by atoms with Crippen molar-refractivity contribution in [1.29, 1.82) is 5.26 Å². The zero-order valence-electron chi connectivity index (χ0n) is 28.0. The van der Waals surface area contributed by atoms with Crippen molar-refractivity contribution < 1.29 is 0 Å². The van der Waals surface area contributed by atoms with E-state index in [2.05, 4.69) is 66.7 Å². The van der Waals surface area contributed by atoms with Crippen molar-refractivity contribution in [2.24, 2.45) is 0 Å². The highest BCUT2D eigenvalue weighted by Crippen LogP contribution is 2.35. The Morgan fingerprint density at radius 1 is 0.346 bits per heavy atom. The topological polar surface area (TPSA) is 75.3 Å². The summed E-state index contributed by atoms with van der Waals surface area (Å²) < 4.78 is 0. The molecule has 0 atom stereocenters. The lowest BCUT2D eigenvalue weighted by atomic mass is 9.93. The second-order valence-electron chi connectivity index (χ2n) is 12.6. The minimum Gasteiger partial charge on any atom is -0.228 e. The van der Waals surface area contributed by atoms with Crippen LogP contribution < -0.4 is 0 Å². The van der Waals surface area contributed by atoms with Gasteiger partial charge in [0.2, 0.25) is 0 Å². The van der Waals surface area contributed by atoms with E-state index in [-0.39, 0.29) is 0 Å². The molecule has 0 amide bonds. The Balaban J connectivity index is 1.12. The molecule has 0 radical (unpaired) electrons. The molecule has 0 bridgehead atoms. The van der Waals surface area contributed by atoms with Gasteiger partial charge in [-0.3, -0.25) is 0 Å². The minimum absolute atomic E-state index is 0.590. The van der Waals surface area contributed by atoms with Gasteiger partial charge in [-0.05, 0) is 53.1 Å². The number of nitrogens with zero attached hydrogens (tertiary/aromatic N) is 5. The van der Waals surface area contributed by atoms with Crippen molar-refractivity contribution in [1.82, 2.24) is 19.9 Å². The summed E-state index contributed by atoms with van der Waals surface area (Å²) in [6, 6.07) is 61.5. The Morgan fingerprint density at radius 3 is 1.35 bits per heavy atom. The lowest BCUT2D eigenvalue weighted by Crippen LogP contribution is -1.96. The first kappa shape index (κ1) is 30.7. The lowest BCUT2D eigenvalue weighted by Gasteiger charge is -2.13. The van der Waals surface area contributed by atoms with Crippen LogP contribution in [0.5, 0.6) is 0 Å². The van der Waals surface area contributed by atoms with Gasteiger partial charge in [-0.2, -0.15) is 5.26 Å². The van der Waals surface area contributed by atoms with Crippen LogP contribution in [0, 0.1) is 11.3 Å². The first-order chi connectivity index (χ1) is 25.7. The van der Waals surface area contributed by atoms with Crippen LogP contribution in [0.15, 0.2) is 176 Å². The normalized spacial score (nSPS) is 11.1. The molecular weight excluding hydrogens is 635 g/mol. The average molecular weight is 664 g/mol. The number of hydrogen-bond acceptors (Lipinski definition) is 5. The van der Waals surface area contributed by atoms with Crippen molar-refractivity contribution in [3.05, 3.63) is 181 Å². The van der Waals surface area contributed by atoms with Gasteiger partial charge < -0.3 is 0 Å². The molecule has 9 aromatic rings. The molecule has 0 N–H and O–H groups in total. The number of rotatable bonds is 6. The Hall–Kier alpha value is -7.29. The summed E-state index contributed by atoms with van der Waals surface area (Å²) in [6.45, 7) is 0. The van der Waals surface area contributed by atoms with E-state index in [1.54, 1.807) is 0 Å². The molecule has 0 aliphatic heterocycles. The monoisotopic (exact) mass is 663 g/mol. The summed E-state index contributed by atoms with van der Waals surface area (Å²) in [5, 5.41) is 12.2. The van der Waals surface area contributed by atoms with Crippen LogP contribution >= 0.6 is 0 Å². The molecule has 0 saturated heterocycles. The Morgan fingerprint density at radius 2 is 0.788 bits per heavy atom. The third kappa shape index (κ3) is 5.75. The van der Waals surface area contributed by atoms with E-state index < -0.39 is 0 Å². The molecule has 5 nitrogen and oxygen atoms in total. The summed E-state index contributed by atoms with van der Waals surface area (Å²) in [5.41, 5.74) is 11.7. The van der Waals surface area contributed by atoms with E-state index >= 15 is 0 Å². The van der Waals surface area contributed by atoms with Crippen LogP contribution in [-0.2, 0) is 0 Å². The van der Waals surface area contributed by atoms with Gasteiger partial charge in [0, 0.05) is 38.6 Å². The molecular formula is C47H29N5. The quantitative estimate of drug-likeness (QED) is 0.177. The third-order valence-corrected chi connectivity index (χ3v) is 9.33. The maximum Gasteiger partial charge on any atom is 0.160 e. The molecule has 0 unspecified atom stereocenters. The number of benzene rings is 7. The van der Waals surface area contributed by atoms with Gasteiger partial charge >= 0.3 is 0 Å². The van der Waals surface area contributed by atoms with Gasteiger partial charge in [0.05, 0.1) is 34.1 Å². The van der Waals surface area contributed by atoms with E-state index in [0.717, 1.165) is 77.7 Å². The summed E-state index contributed by atoms with van der Waals surface area (Å²) >= 11 is 0. The van der Waals surface area contributed by atoms with Gasteiger partial charge in [-0.25, -0.2) is 19.9 Å². The Labute approximate surface area is 301 Å². The summed E-state index contributed by atoms with van der Waals surface area (Å²) in [4.78, 5) is 20.1. The summed E-state index contributed by atoms with van der Waals surface area (Å²) in [5.74, 6) is 1.29. The second-order valence-corrected chi connectivity index (χ2v) is 12.6. The predicted octanol–water partition coefficient (Wildman–Crippen LogP) is 11.4. The smallest absolute Gasteiger partial charge is 0.160 e. The minimum atomic E-state index is 0.590. The van der Waals surface area contributed by atoms with Crippen molar-refractivity contribution in [2.75, 3.05) is 0 Å². The molecule has 0 aliphatic rings. The summed E-state index contributed by atoms with van der Waals surface area (Å²) in [7, 11) is 0. The van der Waals surface area contributed by atoms with Crippen LogP contribution in [-0.4, -0.2) is 19.9 Å². The van der Waals surface area contributed by atoms with Gasteiger partial charge in [-0.15, -0.1) is 0 Å². The molecule has 2 heterocycles. The molecule has 0 saturated carbocycles. The lowest BCUT2D eigenvalue weighted by molar-refractivity contribution is 1.23. The molecule has 0 fully saturated rings. The van der Waals surface area contributed by atoms with Crippen molar-refractivity contribution in [3.8, 4) is 73.6 Å². The van der Waals surface area contributed by atoms with E-state index in [9.17, 15) is 5.26 Å².